The summed E-state index contributed by atoms with van der Waals surface area (Å²) in [6.07, 6.45) is 2.11. The number of unbranched alkanes of at least 4 members (excludes halogenated alkanes) is 1. The Balaban J connectivity index is 1.61. The van der Waals surface area contributed by atoms with Gasteiger partial charge in [-0.1, -0.05) is 54.5 Å². The van der Waals surface area contributed by atoms with E-state index in [9.17, 15) is 4.79 Å². The number of benzene rings is 2. The van der Waals surface area contributed by atoms with Crippen LogP contribution in [0, 0.1) is 6.92 Å². The van der Waals surface area contributed by atoms with Crippen LogP contribution in [0.2, 0.25) is 0 Å². The molecule has 2 amide bonds. The maximum atomic E-state index is 12.1. The van der Waals surface area contributed by atoms with E-state index in [1.165, 1.54) is 11.3 Å². The zero-order chi connectivity index (χ0) is 19.1. The standard InChI is InChI=1S/C20H22N4O2S/c1-3-4-12-26-17-7-5-6-15(13-17)18-23-24-20(27-18)22-19(25)21-16-10-8-14(2)9-11-16/h5-11,13H,3-4,12H2,1-2H3,(H2,21,22,24,25). The summed E-state index contributed by atoms with van der Waals surface area (Å²) in [6.45, 7) is 4.82. The third-order valence-corrected chi connectivity index (χ3v) is 4.69. The average molecular weight is 382 g/mol. The van der Waals surface area contributed by atoms with Crippen LogP contribution in [0.1, 0.15) is 25.3 Å². The Morgan fingerprint density at radius 1 is 1.11 bits per heavy atom. The van der Waals surface area contributed by atoms with Crippen molar-refractivity contribution in [2.45, 2.75) is 26.7 Å². The minimum atomic E-state index is -0.349. The van der Waals surface area contributed by atoms with Crippen molar-refractivity contribution >= 4 is 28.2 Å². The fourth-order valence-electron chi connectivity index (χ4n) is 2.34. The summed E-state index contributed by atoms with van der Waals surface area (Å²) in [5, 5.41) is 14.9. The second-order valence-electron chi connectivity index (χ2n) is 6.09. The molecule has 3 aromatic rings. The first kappa shape index (κ1) is 18.8. The van der Waals surface area contributed by atoms with Crippen molar-refractivity contribution in [3.8, 4) is 16.3 Å². The van der Waals surface area contributed by atoms with E-state index in [2.05, 4.69) is 27.8 Å². The lowest BCUT2D eigenvalue weighted by atomic mass is 10.2. The highest BCUT2D eigenvalue weighted by Gasteiger charge is 2.10. The summed E-state index contributed by atoms with van der Waals surface area (Å²) in [5.74, 6) is 0.808. The molecule has 1 aromatic heterocycles. The number of nitrogens with one attached hydrogen (secondary N) is 2. The molecular formula is C20H22N4O2S. The summed E-state index contributed by atoms with van der Waals surface area (Å²) in [4.78, 5) is 12.1. The lowest BCUT2D eigenvalue weighted by Gasteiger charge is -2.06. The molecule has 0 fully saturated rings. The Morgan fingerprint density at radius 2 is 1.93 bits per heavy atom. The monoisotopic (exact) mass is 382 g/mol. The second kappa shape index (κ2) is 9.14. The van der Waals surface area contributed by atoms with Gasteiger partial charge < -0.3 is 10.1 Å². The third kappa shape index (κ3) is 5.52. The quantitative estimate of drug-likeness (QED) is 0.541. The number of nitrogens with zero attached hydrogens (tertiary/aromatic N) is 2. The van der Waals surface area contributed by atoms with Crippen LogP contribution in [-0.2, 0) is 0 Å². The normalized spacial score (nSPS) is 10.4. The molecule has 0 atom stereocenters. The molecule has 2 aromatic carbocycles. The SMILES string of the molecule is CCCCOc1cccc(-c2nnc(NC(=O)Nc3ccc(C)cc3)s2)c1. The van der Waals surface area contributed by atoms with Crippen molar-refractivity contribution < 1.29 is 9.53 Å². The van der Waals surface area contributed by atoms with Crippen LogP contribution in [0.5, 0.6) is 5.75 Å². The first-order valence-electron chi connectivity index (χ1n) is 8.85. The van der Waals surface area contributed by atoms with Gasteiger partial charge in [-0.15, -0.1) is 10.2 Å². The summed E-state index contributed by atoms with van der Waals surface area (Å²) in [6, 6.07) is 15.0. The molecular weight excluding hydrogens is 360 g/mol. The average Bonchev–Trinajstić information content (AvgIpc) is 3.12. The molecule has 0 aliphatic rings. The summed E-state index contributed by atoms with van der Waals surface area (Å²) < 4.78 is 5.73. The summed E-state index contributed by atoms with van der Waals surface area (Å²) in [7, 11) is 0. The first-order chi connectivity index (χ1) is 13.1. The van der Waals surface area contributed by atoms with Gasteiger partial charge in [0.25, 0.3) is 0 Å². The molecule has 0 spiro atoms. The fourth-order valence-corrected chi connectivity index (χ4v) is 3.08. The number of amides is 2. The number of hydrogen-bond donors (Lipinski definition) is 2. The topological polar surface area (TPSA) is 76.1 Å². The van der Waals surface area contributed by atoms with Crippen LogP contribution in [-0.4, -0.2) is 22.8 Å². The lowest BCUT2D eigenvalue weighted by Crippen LogP contribution is -2.19. The van der Waals surface area contributed by atoms with E-state index in [1.54, 1.807) is 0 Å². The van der Waals surface area contributed by atoms with Crippen LogP contribution in [0.3, 0.4) is 0 Å². The molecule has 0 bridgehead atoms. The number of ether oxygens (including phenoxy) is 1. The second-order valence-corrected chi connectivity index (χ2v) is 7.06. The van der Waals surface area contributed by atoms with Crippen molar-refractivity contribution in [1.29, 1.82) is 0 Å². The number of rotatable bonds is 7. The minimum Gasteiger partial charge on any atom is -0.494 e. The van der Waals surface area contributed by atoms with Crippen molar-refractivity contribution in [2.24, 2.45) is 0 Å². The van der Waals surface area contributed by atoms with Crippen LogP contribution in [0.25, 0.3) is 10.6 Å². The zero-order valence-electron chi connectivity index (χ0n) is 15.4. The van der Waals surface area contributed by atoms with E-state index in [4.69, 9.17) is 4.74 Å². The maximum Gasteiger partial charge on any atom is 0.325 e. The molecule has 2 N–H and O–H groups in total. The van der Waals surface area contributed by atoms with Gasteiger partial charge in [-0.3, -0.25) is 5.32 Å². The summed E-state index contributed by atoms with van der Waals surface area (Å²) >= 11 is 1.31. The van der Waals surface area contributed by atoms with Gasteiger partial charge in [0.15, 0.2) is 0 Å². The highest BCUT2D eigenvalue weighted by atomic mass is 32.1. The van der Waals surface area contributed by atoms with E-state index in [1.807, 2.05) is 55.5 Å². The smallest absolute Gasteiger partial charge is 0.325 e. The van der Waals surface area contributed by atoms with Gasteiger partial charge in [-0.25, -0.2) is 4.79 Å². The molecule has 0 aliphatic heterocycles. The van der Waals surface area contributed by atoms with Crippen molar-refractivity contribution in [3.63, 3.8) is 0 Å². The molecule has 7 heteroatoms. The van der Waals surface area contributed by atoms with Gasteiger partial charge in [0.05, 0.1) is 6.61 Å². The summed E-state index contributed by atoms with van der Waals surface area (Å²) in [5.41, 5.74) is 2.77. The molecule has 3 rings (SSSR count). The number of aromatic nitrogens is 2. The molecule has 0 saturated heterocycles. The van der Waals surface area contributed by atoms with E-state index < -0.39 is 0 Å². The number of aryl methyl sites for hydroxylation is 1. The highest BCUT2D eigenvalue weighted by molar-refractivity contribution is 7.18. The predicted octanol–water partition coefficient (Wildman–Crippen LogP) is 5.34. The van der Waals surface area contributed by atoms with Crippen molar-refractivity contribution in [2.75, 3.05) is 17.2 Å². The van der Waals surface area contributed by atoms with Crippen molar-refractivity contribution in [3.05, 3.63) is 54.1 Å². The molecule has 0 saturated carbocycles. The predicted molar refractivity (Wildman–Crippen MR) is 110 cm³/mol. The number of carbonyl (C=O) groups excluding carboxylic acids is 1. The highest BCUT2D eigenvalue weighted by Crippen LogP contribution is 2.29. The molecule has 27 heavy (non-hydrogen) atoms. The number of hydrogen-bond acceptors (Lipinski definition) is 5. The van der Waals surface area contributed by atoms with Gasteiger partial charge in [0.2, 0.25) is 5.13 Å². The number of urea groups is 1. The number of anilines is 2. The molecule has 0 radical (unpaired) electrons. The maximum absolute atomic E-state index is 12.1. The molecule has 0 unspecified atom stereocenters. The Hall–Kier alpha value is -2.93. The fraction of sp³-hybridized carbons (Fsp3) is 0.250. The van der Waals surface area contributed by atoms with E-state index >= 15 is 0 Å². The Kier molecular flexibility index (Phi) is 6.38. The van der Waals surface area contributed by atoms with Crippen LogP contribution >= 0.6 is 11.3 Å². The molecule has 6 nitrogen and oxygen atoms in total. The van der Waals surface area contributed by atoms with Crippen LogP contribution in [0.15, 0.2) is 48.5 Å². The third-order valence-electron chi connectivity index (χ3n) is 3.80. The molecule has 140 valence electrons. The van der Waals surface area contributed by atoms with Gasteiger partial charge >= 0.3 is 6.03 Å². The first-order valence-corrected chi connectivity index (χ1v) is 9.67. The van der Waals surface area contributed by atoms with Crippen LogP contribution in [0.4, 0.5) is 15.6 Å². The van der Waals surface area contributed by atoms with Crippen LogP contribution < -0.4 is 15.4 Å². The Labute approximate surface area is 162 Å². The minimum absolute atomic E-state index is 0.349. The van der Waals surface area contributed by atoms with Gasteiger partial charge in [-0.2, -0.15) is 0 Å². The van der Waals surface area contributed by atoms with Gasteiger partial charge in [0, 0.05) is 11.3 Å². The van der Waals surface area contributed by atoms with E-state index in [0.29, 0.717) is 11.7 Å². The van der Waals surface area contributed by atoms with E-state index in [-0.39, 0.29) is 6.03 Å². The lowest BCUT2D eigenvalue weighted by molar-refractivity contribution is 0.262. The van der Waals surface area contributed by atoms with E-state index in [0.717, 1.165) is 40.4 Å². The Bertz CT molecular complexity index is 893. The molecule has 0 aliphatic carbocycles. The van der Waals surface area contributed by atoms with Gasteiger partial charge in [-0.05, 0) is 37.6 Å². The van der Waals surface area contributed by atoms with Crippen molar-refractivity contribution in [1.82, 2.24) is 10.2 Å². The largest absolute Gasteiger partial charge is 0.494 e. The zero-order valence-corrected chi connectivity index (χ0v) is 16.2. The number of carbonyl (C=O) groups is 1. The Morgan fingerprint density at radius 3 is 2.70 bits per heavy atom. The molecule has 1 heterocycles. The van der Waals surface area contributed by atoms with Gasteiger partial charge in [0.1, 0.15) is 10.8 Å².